The average Bonchev–Trinajstić information content (AvgIpc) is 3.35. The lowest BCUT2D eigenvalue weighted by molar-refractivity contribution is -0.145. The maximum absolute atomic E-state index is 13.6. The molecule has 1 saturated carbocycles. The van der Waals surface area contributed by atoms with Crippen molar-refractivity contribution in [2.45, 2.75) is 113 Å². The van der Waals surface area contributed by atoms with Crippen LogP contribution in [0, 0.1) is 11.3 Å². The standard InChI is InChI=1S/C32H51N5O7S2/c1-7-9-10-11-12-15-22-20-32(22,29(40)41)35-27(38)24-16-13-18-37(24)28(39)23(8-2)33-30(42)34-25(31(3,4)5)21-36(6)46(43,44)26-17-14-19-45-26/h8,14,17,19,22-25H,2,7,9-13,15-16,18,20-21H2,1,3-6H3,(H,35,38)(H,40,41)(H2,33,34,42)/t22?,23?,24-,25?,32+/m0/s1. The normalized spacial score (nSPS) is 22.6. The number of likely N-dealkylation sites (tertiary alicyclic amines) is 1. The Balaban J connectivity index is 1.62. The van der Waals surface area contributed by atoms with E-state index in [-0.39, 0.29) is 23.2 Å². The highest BCUT2D eigenvalue weighted by Gasteiger charge is 2.61. The van der Waals surface area contributed by atoms with Crippen LogP contribution in [0.1, 0.15) is 85.5 Å². The first-order valence-electron chi connectivity index (χ1n) is 16.1. The minimum Gasteiger partial charge on any atom is -0.479 e. The lowest BCUT2D eigenvalue weighted by Crippen LogP contribution is -2.58. The van der Waals surface area contributed by atoms with Crippen LogP contribution in [0.4, 0.5) is 4.79 Å². The van der Waals surface area contributed by atoms with Gasteiger partial charge in [0, 0.05) is 26.2 Å². The smallest absolute Gasteiger partial charge is 0.329 e. The molecule has 2 fully saturated rings. The molecule has 1 aliphatic carbocycles. The van der Waals surface area contributed by atoms with Crippen molar-refractivity contribution in [2.75, 3.05) is 20.1 Å². The molecular weight excluding hydrogens is 631 g/mol. The highest BCUT2D eigenvalue weighted by Crippen LogP contribution is 2.47. The minimum absolute atomic E-state index is 0.0106. The van der Waals surface area contributed by atoms with Crippen molar-refractivity contribution in [1.82, 2.24) is 25.2 Å². The second kappa shape index (κ2) is 15.7. The molecule has 0 bridgehead atoms. The topological polar surface area (TPSA) is 165 Å². The Labute approximate surface area is 277 Å². The van der Waals surface area contributed by atoms with E-state index in [0.717, 1.165) is 49.9 Å². The summed E-state index contributed by atoms with van der Waals surface area (Å²) < 4.78 is 27.4. The highest BCUT2D eigenvalue weighted by molar-refractivity contribution is 7.91. The number of carbonyl (C=O) groups is 4. The molecule has 1 saturated heterocycles. The predicted octanol–water partition coefficient (Wildman–Crippen LogP) is 3.95. The fourth-order valence-corrected chi connectivity index (χ4v) is 8.33. The number of rotatable bonds is 17. The first-order chi connectivity index (χ1) is 21.6. The van der Waals surface area contributed by atoms with Crippen molar-refractivity contribution < 1.29 is 32.7 Å². The summed E-state index contributed by atoms with van der Waals surface area (Å²) in [6, 6.07) is -0.155. The average molecular weight is 682 g/mol. The summed E-state index contributed by atoms with van der Waals surface area (Å²) in [5, 5.41) is 19.9. The van der Waals surface area contributed by atoms with Gasteiger partial charge in [-0.1, -0.05) is 71.9 Å². The van der Waals surface area contributed by atoms with Gasteiger partial charge in [0.05, 0.1) is 0 Å². The van der Waals surface area contributed by atoms with Gasteiger partial charge in [-0.05, 0) is 48.5 Å². The molecule has 3 unspecified atom stereocenters. The monoisotopic (exact) mass is 681 g/mol. The Morgan fingerprint density at radius 2 is 1.89 bits per heavy atom. The van der Waals surface area contributed by atoms with Crippen LogP contribution in [0.2, 0.25) is 0 Å². The van der Waals surface area contributed by atoms with Crippen molar-refractivity contribution in [1.29, 1.82) is 0 Å². The molecule has 0 aromatic carbocycles. The lowest BCUT2D eigenvalue weighted by atomic mass is 9.87. The number of hydrogen-bond donors (Lipinski definition) is 4. The number of nitrogens with zero attached hydrogens (tertiary/aromatic N) is 2. The molecule has 0 spiro atoms. The van der Waals surface area contributed by atoms with Crippen LogP contribution in [0.5, 0.6) is 0 Å². The van der Waals surface area contributed by atoms with Crippen LogP contribution in [0.3, 0.4) is 0 Å². The van der Waals surface area contributed by atoms with Crippen LogP contribution >= 0.6 is 11.3 Å². The third-order valence-electron chi connectivity index (χ3n) is 9.07. The minimum atomic E-state index is -3.75. The summed E-state index contributed by atoms with van der Waals surface area (Å²) in [7, 11) is -2.30. The number of carboxylic acid groups (broad SMARTS) is 1. The van der Waals surface area contributed by atoms with E-state index in [1.165, 1.54) is 28.4 Å². The summed E-state index contributed by atoms with van der Waals surface area (Å²) in [5.74, 6) is -2.22. The van der Waals surface area contributed by atoms with Crippen LogP contribution in [0.25, 0.3) is 0 Å². The molecule has 12 nitrogen and oxygen atoms in total. The van der Waals surface area contributed by atoms with Crippen LogP contribution in [-0.2, 0) is 24.4 Å². The molecule has 0 radical (unpaired) electrons. The number of sulfonamides is 1. The van der Waals surface area contributed by atoms with Gasteiger partial charge in [-0.25, -0.2) is 18.0 Å². The van der Waals surface area contributed by atoms with E-state index in [9.17, 15) is 32.7 Å². The molecule has 3 rings (SSSR count). The number of unbranched alkanes of at least 4 members (excludes halogenated alkanes) is 4. The van der Waals surface area contributed by atoms with E-state index in [0.29, 0.717) is 19.3 Å². The number of carbonyl (C=O) groups excluding carboxylic acids is 3. The Bertz CT molecular complexity index is 1340. The largest absolute Gasteiger partial charge is 0.479 e. The van der Waals surface area contributed by atoms with Crippen molar-refractivity contribution in [3.63, 3.8) is 0 Å². The fraction of sp³-hybridized carbons (Fsp3) is 0.688. The maximum Gasteiger partial charge on any atom is 0.329 e. The Hall–Kier alpha value is -2.97. The van der Waals surface area contributed by atoms with Gasteiger partial charge in [0.1, 0.15) is 21.8 Å². The predicted molar refractivity (Wildman–Crippen MR) is 178 cm³/mol. The van der Waals surface area contributed by atoms with E-state index in [4.69, 9.17) is 0 Å². The van der Waals surface area contributed by atoms with Gasteiger partial charge in [0.15, 0.2) is 0 Å². The first-order valence-corrected chi connectivity index (χ1v) is 18.5. The number of carboxylic acids is 1. The summed E-state index contributed by atoms with van der Waals surface area (Å²) in [5.41, 5.74) is -1.85. The summed E-state index contributed by atoms with van der Waals surface area (Å²) in [4.78, 5) is 53.7. The Morgan fingerprint density at radius 3 is 2.48 bits per heavy atom. The fourth-order valence-electron chi connectivity index (χ4n) is 5.94. The number of nitrogens with one attached hydrogen (secondary N) is 3. The lowest BCUT2D eigenvalue weighted by Gasteiger charge is -2.34. The first kappa shape index (κ1) is 37.5. The number of amides is 4. The zero-order chi connectivity index (χ0) is 34.3. The molecule has 4 amide bonds. The summed E-state index contributed by atoms with van der Waals surface area (Å²) >= 11 is 1.11. The van der Waals surface area contributed by atoms with Gasteiger partial charge in [0.25, 0.3) is 10.0 Å². The van der Waals surface area contributed by atoms with Crippen LogP contribution in [0.15, 0.2) is 34.4 Å². The zero-order valence-electron chi connectivity index (χ0n) is 27.7. The van der Waals surface area contributed by atoms with Gasteiger partial charge in [-0.3, -0.25) is 9.59 Å². The van der Waals surface area contributed by atoms with Crippen molar-refractivity contribution in [2.24, 2.45) is 11.3 Å². The van der Waals surface area contributed by atoms with Gasteiger partial charge in [-0.15, -0.1) is 17.9 Å². The molecule has 4 N–H and O–H groups in total. The second-order valence-electron chi connectivity index (χ2n) is 13.5. The van der Waals surface area contributed by atoms with Gasteiger partial charge < -0.3 is 26.0 Å². The molecule has 2 aliphatic rings. The molecule has 46 heavy (non-hydrogen) atoms. The molecule has 2 heterocycles. The molecular formula is C32H51N5O7S2. The number of aliphatic carboxylic acids is 1. The highest BCUT2D eigenvalue weighted by atomic mass is 32.2. The third-order valence-corrected chi connectivity index (χ3v) is 12.3. The zero-order valence-corrected chi connectivity index (χ0v) is 29.3. The summed E-state index contributed by atoms with van der Waals surface area (Å²) in [6.45, 7) is 11.7. The number of urea groups is 1. The molecule has 258 valence electrons. The Kier molecular flexibility index (Phi) is 12.8. The van der Waals surface area contributed by atoms with Crippen LogP contribution in [-0.4, -0.2) is 90.3 Å². The third kappa shape index (κ3) is 9.09. The molecule has 14 heteroatoms. The van der Waals surface area contributed by atoms with E-state index in [1.807, 2.05) is 20.8 Å². The Morgan fingerprint density at radius 1 is 1.20 bits per heavy atom. The van der Waals surface area contributed by atoms with Crippen LogP contribution < -0.4 is 16.0 Å². The van der Waals surface area contributed by atoms with Crippen molar-refractivity contribution in [3.8, 4) is 0 Å². The van der Waals surface area contributed by atoms with Gasteiger partial charge in [0.2, 0.25) is 11.8 Å². The van der Waals surface area contributed by atoms with Crippen molar-refractivity contribution >= 4 is 45.2 Å². The maximum atomic E-state index is 13.6. The number of hydrogen-bond acceptors (Lipinski definition) is 7. The van der Waals surface area contributed by atoms with Gasteiger partial charge in [-0.2, -0.15) is 4.31 Å². The van der Waals surface area contributed by atoms with E-state index < -0.39 is 62.9 Å². The quantitative estimate of drug-likeness (QED) is 0.143. The number of thiophene rings is 1. The van der Waals surface area contributed by atoms with E-state index in [2.05, 4.69) is 29.5 Å². The molecule has 1 aromatic heterocycles. The SMILES string of the molecule is C=CC(NC(=O)NC(CN(C)S(=O)(=O)c1cccs1)C(C)(C)C)C(=O)N1CCC[C@H]1C(=O)N[C@]1(C(=O)O)CC1CCCCCCC. The second-order valence-corrected chi connectivity index (χ2v) is 16.7. The molecule has 1 aromatic rings. The molecule has 1 aliphatic heterocycles. The van der Waals surface area contributed by atoms with Crippen molar-refractivity contribution in [3.05, 3.63) is 30.2 Å². The van der Waals surface area contributed by atoms with Gasteiger partial charge >= 0.3 is 12.0 Å². The number of likely N-dealkylation sites (N-methyl/N-ethyl adjacent to an activating group) is 1. The summed E-state index contributed by atoms with van der Waals surface area (Å²) in [6.07, 6.45) is 8.64. The van der Waals surface area contributed by atoms with E-state index >= 15 is 0 Å². The molecule has 5 atom stereocenters. The van der Waals surface area contributed by atoms with E-state index in [1.54, 1.807) is 11.4 Å².